The Morgan fingerprint density at radius 1 is 1.23 bits per heavy atom. The van der Waals surface area contributed by atoms with E-state index in [1.165, 1.54) is 31.5 Å². The van der Waals surface area contributed by atoms with E-state index in [1.807, 2.05) is 11.0 Å². The van der Waals surface area contributed by atoms with Crippen LogP contribution < -0.4 is 4.90 Å². The smallest absolute Gasteiger partial charge is 0.228 e. The fourth-order valence-electron chi connectivity index (χ4n) is 3.62. The number of benzene rings is 1. The Morgan fingerprint density at radius 3 is 2.73 bits per heavy atom. The maximum absolute atomic E-state index is 12.5. The first-order valence-corrected chi connectivity index (χ1v) is 8.42. The van der Waals surface area contributed by atoms with Gasteiger partial charge in [0, 0.05) is 31.2 Å². The fraction of sp³-hybridized carbons (Fsp3) is 0.611. The molecule has 0 aliphatic carbocycles. The molecule has 22 heavy (non-hydrogen) atoms. The molecular formula is C18H27N3O. The average Bonchev–Trinajstić information content (AvgIpc) is 2.97. The number of hydrogen-bond acceptors (Lipinski definition) is 3. The summed E-state index contributed by atoms with van der Waals surface area (Å²) < 4.78 is 0. The van der Waals surface area contributed by atoms with Gasteiger partial charge < -0.3 is 14.7 Å². The van der Waals surface area contributed by atoms with Crippen molar-refractivity contribution in [1.82, 2.24) is 9.80 Å². The number of fused-ring (bicyclic) bond motifs is 1. The van der Waals surface area contributed by atoms with E-state index in [0.29, 0.717) is 12.5 Å². The van der Waals surface area contributed by atoms with Gasteiger partial charge in [0.15, 0.2) is 0 Å². The Hall–Kier alpha value is -1.39. The van der Waals surface area contributed by atoms with E-state index in [-0.39, 0.29) is 5.91 Å². The lowest BCUT2D eigenvalue weighted by Gasteiger charge is -2.35. The lowest BCUT2D eigenvalue weighted by Crippen LogP contribution is -2.43. The highest BCUT2D eigenvalue weighted by Crippen LogP contribution is 2.28. The van der Waals surface area contributed by atoms with Crippen molar-refractivity contribution in [3.05, 3.63) is 29.8 Å². The minimum atomic E-state index is 0.268. The molecule has 0 bridgehead atoms. The molecule has 0 N–H and O–H groups in total. The lowest BCUT2D eigenvalue weighted by molar-refractivity contribution is -0.118. The number of anilines is 1. The third-order valence-electron chi connectivity index (χ3n) is 5.18. The van der Waals surface area contributed by atoms with Crippen LogP contribution >= 0.6 is 0 Å². The Kier molecular flexibility index (Phi) is 4.79. The van der Waals surface area contributed by atoms with Gasteiger partial charge in [-0.1, -0.05) is 18.2 Å². The number of amides is 1. The molecule has 2 aliphatic rings. The molecule has 1 aromatic rings. The summed E-state index contributed by atoms with van der Waals surface area (Å²) >= 11 is 0. The molecule has 0 saturated carbocycles. The Bertz CT molecular complexity index is 523. The van der Waals surface area contributed by atoms with E-state index < -0.39 is 0 Å². The lowest BCUT2D eigenvalue weighted by atomic mass is 10.0. The van der Waals surface area contributed by atoms with Crippen molar-refractivity contribution >= 4 is 11.6 Å². The summed E-state index contributed by atoms with van der Waals surface area (Å²) in [6, 6.07) is 8.92. The van der Waals surface area contributed by atoms with Gasteiger partial charge in [0.2, 0.25) is 5.91 Å². The van der Waals surface area contributed by atoms with Gasteiger partial charge in [-0.3, -0.25) is 4.79 Å². The highest BCUT2D eigenvalue weighted by Gasteiger charge is 2.25. The van der Waals surface area contributed by atoms with Crippen LogP contribution in [0.25, 0.3) is 0 Å². The Labute approximate surface area is 133 Å². The van der Waals surface area contributed by atoms with Gasteiger partial charge in [-0.15, -0.1) is 0 Å². The van der Waals surface area contributed by atoms with E-state index in [0.717, 1.165) is 25.2 Å². The number of hydrogen-bond donors (Lipinski definition) is 0. The second-order valence-corrected chi connectivity index (χ2v) is 6.69. The van der Waals surface area contributed by atoms with E-state index in [4.69, 9.17) is 0 Å². The summed E-state index contributed by atoms with van der Waals surface area (Å²) in [5, 5.41) is 0. The van der Waals surface area contributed by atoms with Crippen LogP contribution in [0.3, 0.4) is 0 Å². The minimum Gasteiger partial charge on any atom is -0.312 e. The molecule has 2 heterocycles. The second-order valence-electron chi connectivity index (χ2n) is 6.69. The molecule has 0 unspecified atom stereocenters. The number of likely N-dealkylation sites (tertiary alicyclic amines) is 1. The molecule has 2 aliphatic heterocycles. The monoisotopic (exact) mass is 301 g/mol. The largest absolute Gasteiger partial charge is 0.312 e. The summed E-state index contributed by atoms with van der Waals surface area (Å²) in [5.74, 6) is 0.268. The zero-order valence-corrected chi connectivity index (χ0v) is 13.8. The highest BCUT2D eigenvalue weighted by molar-refractivity contribution is 5.95. The molecule has 1 amide bonds. The quantitative estimate of drug-likeness (QED) is 0.851. The van der Waals surface area contributed by atoms with Gasteiger partial charge in [0.1, 0.15) is 0 Å². The van der Waals surface area contributed by atoms with Crippen molar-refractivity contribution in [3.8, 4) is 0 Å². The van der Waals surface area contributed by atoms with Crippen molar-refractivity contribution in [2.45, 2.75) is 31.7 Å². The molecule has 0 aromatic heterocycles. The van der Waals surface area contributed by atoms with Crippen molar-refractivity contribution < 1.29 is 4.79 Å². The van der Waals surface area contributed by atoms with E-state index >= 15 is 0 Å². The van der Waals surface area contributed by atoms with E-state index in [2.05, 4.69) is 42.1 Å². The van der Waals surface area contributed by atoms with Gasteiger partial charge >= 0.3 is 0 Å². The van der Waals surface area contributed by atoms with E-state index in [9.17, 15) is 4.79 Å². The Morgan fingerprint density at radius 2 is 1.95 bits per heavy atom. The number of carbonyl (C=O) groups is 1. The zero-order valence-electron chi connectivity index (χ0n) is 13.8. The van der Waals surface area contributed by atoms with Gasteiger partial charge in [0.05, 0.1) is 0 Å². The van der Waals surface area contributed by atoms with Crippen LogP contribution in [0.4, 0.5) is 5.69 Å². The van der Waals surface area contributed by atoms with Crippen LogP contribution in [0, 0.1) is 0 Å². The summed E-state index contributed by atoms with van der Waals surface area (Å²) in [7, 11) is 4.35. The third kappa shape index (κ3) is 3.33. The molecule has 0 atom stereocenters. The highest BCUT2D eigenvalue weighted by atomic mass is 16.2. The molecule has 0 spiro atoms. The molecule has 120 valence electrons. The molecule has 4 nitrogen and oxygen atoms in total. The van der Waals surface area contributed by atoms with Gasteiger partial charge in [0.25, 0.3) is 0 Å². The number of carbonyl (C=O) groups excluding carboxylic acids is 1. The van der Waals surface area contributed by atoms with Gasteiger partial charge in [-0.2, -0.15) is 0 Å². The van der Waals surface area contributed by atoms with Crippen molar-refractivity contribution in [2.75, 3.05) is 45.2 Å². The first kappa shape index (κ1) is 15.5. The van der Waals surface area contributed by atoms with Crippen LogP contribution in [-0.2, 0) is 11.2 Å². The van der Waals surface area contributed by atoms with Crippen molar-refractivity contribution in [3.63, 3.8) is 0 Å². The van der Waals surface area contributed by atoms with Crippen LogP contribution in [0.1, 0.15) is 24.8 Å². The van der Waals surface area contributed by atoms with Crippen molar-refractivity contribution in [1.29, 1.82) is 0 Å². The summed E-state index contributed by atoms with van der Waals surface area (Å²) in [6.45, 7) is 4.05. The molecule has 1 aromatic carbocycles. The van der Waals surface area contributed by atoms with Crippen LogP contribution in [-0.4, -0.2) is 62.0 Å². The first-order chi connectivity index (χ1) is 10.6. The van der Waals surface area contributed by atoms with Crippen LogP contribution in [0.15, 0.2) is 24.3 Å². The van der Waals surface area contributed by atoms with Gasteiger partial charge in [-0.25, -0.2) is 0 Å². The molecule has 3 rings (SSSR count). The van der Waals surface area contributed by atoms with Crippen LogP contribution in [0.2, 0.25) is 0 Å². The topological polar surface area (TPSA) is 26.8 Å². The standard InChI is InChI=1S/C18H27N3O/c1-19-11-8-16(9-12-19)20(2)13-10-18(22)21-14-7-15-5-3-4-6-17(15)21/h3-6,16H,7-14H2,1-2H3. The van der Waals surface area contributed by atoms with E-state index in [1.54, 1.807) is 0 Å². The third-order valence-corrected chi connectivity index (χ3v) is 5.18. The van der Waals surface area contributed by atoms with Gasteiger partial charge in [-0.05, 0) is 58.1 Å². The number of nitrogens with zero attached hydrogens (tertiary/aromatic N) is 3. The predicted molar refractivity (Wildman–Crippen MR) is 90.3 cm³/mol. The fourth-order valence-corrected chi connectivity index (χ4v) is 3.62. The number of piperidine rings is 1. The number of rotatable bonds is 4. The molecule has 4 heteroatoms. The SMILES string of the molecule is CN1CCC(N(C)CCC(=O)N2CCc3ccccc32)CC1. The maximum atomic E-state index is 12.5. The van der Waals surface area contributed by atoms with Crippen LogP contribution in [0.5, 0.6) is 0 Å². The minimum absolute atomic E-state index is 0.268. The molecular weight excluding hydrogens is 274 g/mol. The maximum Gasteiger partial charge on any atom is 0.228 e. The zero-order chi connectivity index (χ0) is 15.5. The molecule has 0 radical (unpaired) electrons. The summed E-state index contributed by atoms with van der Waals surface area (Å²) in [5.41, 5.74) is 2.42. The second kappa shape index (κ2) is 6.80. The molecule has 1 saturated heterocycles. The summed E-state index contributed by atoms with van der Waals surface area (Å²) in [6.07, 6.45) is 4.05. The first-order valence-electron chi connectivity index (χ1n) is 8.42. The molecule has 1 fully saturated rings. The predicted octanol–water partition coefficient (Wildman–Crippen LogP) is 1.99. The normalized spacial score (nSPS) is 19.7. The Balaban J connectivity index is 1.51. The average molecular weight is 301 g/mol. The summed E-state index contributed by atoms with van der Waals surface area (Å²) in [4.78, 5) is 19.3. The van der Waals surface area contributed by atoms with Crippen molar-refractivity contribution in [2.24, 2.45) is 0 Å². The number of para-hydroxylation sites is 1.